The first kappa shape index (κ1) is 18.1. The van der Waals surface area contributed by atoms with Crippen molar-refractivity contribution in [2.24, 2.45) is 0 Å². The zero-order valence-corrected chi connectivity index (χ0v) is 14.5. The number of nitrogens with zero attached hydrogens (tertiary/aromatic N) is 2. The molecule has 1 aromatic rings. The zero-order chi connectivity index (χ0) is 17.4. The third-order valence-corrected chi connectivity index (χ3v) is 4.22. The van der Waals surface area contributed by atoms with E-state index in [9.17, 15) is 9.59 Å². The fourth-order valence-electron chi connectivity index (χ4n) is 2.89. The van der Waals surface area contributed by atoms with Crippen LogP contribution in [-0.4, -0.2) is 55.7 Å². The monoisotopic (exact) mass is 333 g/mol. The maximum atomic E-state index is 12.3. The number of carbonyl (C=O) groups is 2. The predicted octanol–water partition coefficient (Wildman–Crippen LogP) is 2.25. The van der Waals surface area contributed by atoms with Crippen molar-refractivity contribution in [1.29, 1.82) is 0 Å². The van der Waals surface area contributed by atoms with Crippen molar-refractivity contribution in [3.8, 4) is 0 Å². The van der Waals surface area contributed by atoms with Gasteiger partial charge in [-0.3, -0.25) is 4.79 Å². The van der Waals surface area contributed by atoms with Crippen LogP contribution in [0.2, 0.25) is 0 Å². The van der Waals surface area contributed by atoms with Gasteiger partial charge in [-0.05, 0) is 38.8 Å². The average Bonchev–Trinajstić information content (AvgIpc) is 2.61. The van der Waals surface area contributed by atoms with Crippen molar-refractivity contribution in [1.82, 2.24) is 10.2 Å². The van der Waals surface area contributed by atoms with Crippen LogP contribution >= 0.6 is 0 Å². The summed E-state index contributed by atoms with van der Waals surface area (Å²) in [6.45, 7) is 6.61. The van der Waals surface area contributed by atoms with Crippen LogP contribution in [0.4, 0.5) is 10.5 Å². The summed E-state index contributed by atoms with van der Waals surface area (Å²) in [5.41, 5.74) is 1.05. The van der Waals surface area contributed by atoms with Gasteiger partial charge in [0.05, 0.1) is 13.2 Å². The van der Waals surface area contributed by atoms with Crippen molar-refractivity contribution >= 4 is 17.7 Å². The highest BCUT2D eigenvalue weighted by Crippen LogP contribution is 2.14. The fraction of sp³-hybridized carbons (Fsp3) is 0.556. The van der Waals surface area contributed by atoms with E-state index >= 15 is 0 Å². The van der Waals surface area contributed by atoms with Crippen LogP contribution < -0.4 is 10.2 Å². The quantitative estimate of drug-likeness (QED) is 0.867. The predicted molar refractivity (Wildman–Crippen MR) is 94.1 cm³/mol. The summed E-state index contributed by atoms with van der Waals surface area (Å²) in [6.07, 6.45) is 1.27. The number of piperidine rings is 1. The Balaban J connectivity index is 1.78. The van der Waals surface area contributed by atoms with Crippen molar-refractivity contribution in [3.63, 3.8) is 0 Å². The molecule has 1 aromatic carbocycles. The van der Waals surface area contributed by atoms with Gasteiger partial charge in [0.25, 0.3) is 0 Å². The molecule has 1 N–H and O–H groups in total. The molecule has 0 aliphatic carbocycles. The first-order valence-electron chi connectivity index (χ1n) is 8.65. The number of likely N-dealkylation sites (N-methyl/N-ethyl adjacent to an activating group) is 1. The molecule has 1 aliphatic rings. The highest BCUT2D eigenvalue weighted by Gasteiger charge is 2.24. The smallest absolute Gasteiger partial charge is 0.409 e. The Morgan fingerprint density at radius 1 is 1.21 bits per heavy atom. The van der Waals surface area contributed by atoms with Crippen LogP contribution in [0.1, 0.15) is 26.7 Å². The highest BCUT2D eigenvalue weighted by molar-refractivity contribution is 5.81. The number of anilines is 1. The van der Waals surface area contributed by atoms with E-state index in [-0.39, 0.29) is 18.0 Å². The topological polar surface area (TPSA) is 61.9 Å². The van der Waals surface area contributed by atoms with Crippen molar-refractivity contribution in [2.75, 3.05) is 37.7 Å². The summed E-state index contributed by atoms with van der Waals surface area (Å²) >= 11 is 0. The van der Waals surface area contributed by atoms with Crippen LogP contribution in [0.3, 0.4) is 0 Å². The molecule has 0 radical (unpaired) electrons. The third kappa shape index (κ3) is 5.15. The van der Waals surface area contributed by atoms with Gasteiger partial charge in [-0.25, -0.2) is 4.79 Å². The van der Waals surface area contributed by atoms with E-state index in [0.29, 0.717) is 26.2 Å². The second-order valence-corrected chi connectivity index (χ2v) is 5.88. The lowest BCUT2D eigenvalue weighted by Gasteiger charge is -2.32. The maximum Gasteiger partial charge on any atom is 0.409 e. The fourth-order valence-corrected chi connectivity index (χ4v) is 2.89. The van der Waals surface area contributed by atoms with Gasteiger partial charge in [-0.1, -0.05) is 18.2 Å². The highest BCUT2D eigenvalue weighted by atomic mass is 16.6. The first-order chi connectivity index (χ1) is 11.6. The Morgan fingerprint density at radius 3 is 2.46 bits per heavy atom. The average molecular weight is 333 g/mol. The van der Waals surface area contributed by atoms with E-state index in [2.05, 4.69) is 5.32 Å². The minimum atomic E-state index is -0.261. The third-order valence-electron chi connectivity index (χ3n) is 4.22. The van der Waals surface area contributed by atoms with E-state index in [0.717, 1.165) is 25.1 Å². The Bertz CT molecular complexity index is 528. The minimum absolute atomic E-state index is 0.0234. The minimum Gasteiger partial charge on any atom is -0.450 e. The van der Waals surface area contributed by atoms with Gasteiger partial charge in [0.2, 0.25) is 5.91 Å². The standard InChI is InChI=1S/C18H27N3O3/c1-3-20(16-8-6-5-7-9-16)14-17(22)19-15-10-12-21(13-11-15)18(23)24-4-2/h5-9,15H,3-4,10-14H2,1-2H3,(H,19,22). The van der Waals surface area contributed by atoms with Gasteiger partial charge in [-0.2, -0.15) is 0 Å². The van der Waals surface area contributed by atoms with Crippen molar-refractivity contribution < 1.29 is 14.3 Å². The molecule has 0 atom stereocenters. The van der Waals surface area contributed by atoms with Crippen LogP contribution in [0.25, 0.3) is 0 Å². The molecule has 1 heterocycles. The summed E-state index contributed by atoms with van der Waals surface area (Å²) in [5.74, 6) is 0.0234. The molecular weight excluding hydrogens is 306 g/mol. The van der Waals surface area contributed by atoms with Gasteiger partial charge >= 0.3 is 6.09 Å². The van der Waals surface area contributed by atoms with Crippen LogP contribution in [0, 0.1) is 0 Å². The summed E-state index contributed by atoms with van der Waals surface area (Å²) < 4.78 is 5.01. The van der Waals surface area contributed by atoms with Gasteiger partial charge in [0.15, 0.2) is 0 Å². The van der Waals surface area contributed by atoms with Crippen molar-refractivity contribution in [3.05, 3.63) is 30.3 Å². The lowest BCUT2D eigenvalue weighted by Crippen LogP contribution is -2.48. The van der Waals surface area contributed by atoms with Crippen molar-refractivity contribution in [2.45, 2.75) is 32.7 Å². The Morgan fingerprint density at radius 2 is 1.88 bits per heavy atom. The lowest BCUT2D eigenvalue weighted by molar-refractivity contribution is -0.120. The largest absolute Gasteiger partial charge is 0.450 e. The number of likely N-dealkylation sites (tertiary alicyclic amines) is 1. The number of hydrogen-bond donors (Lipinski definition) is 1. The molecule has 0 unspecified atom stereocenters. The number of carbonyl (C=O) groups excluding carboxylic acids is 2. The van der Waals surface area contributed by atoms with E-state index in [1.54, 1.807) is 11.8 Å². The molecule has 24 heavy (non-hydrogen) atoms. The molecule has 6 heteroatoms. The number of benzene rings is 1. The van der Waals surface area contributed by atoms with Gasteiger partial charge in [0, 0.05) is 31.4 Å². The molecule has 132 valence electrons. The summed E-state index contributed by atoms with van der Waals surface area (Å²) in [6, 6.07) is 10.1. The number of amides is 2. The molecule has 1 aliphatic heterocycles. The Labute approximate surface area is 143 Å². The molecule has 2 rings (SSSR count). The molecule has 2 amide bonds. The van der Waals surface area contributed by atoms with E-state index in [4.69, 9.17) is 4.74 Å². The summed E-state index contributed by atoms with van der Waals surface area (Å²) in [7, 11) is 0. The maximum absolute atomic E-state index is 12.3. The molecule has 6 nitrogen and oxygen atoms in total. The van der Waals surface area contributed by atoms with E-state index in [1.807, 2.05) is 42.2 Å². The SMILES string of the molecule is CCOC(=O)N1CCC(NC(=O)CN(CC)c2ccccc2)CC1. The number of nitrogens with one attached hydrogen (secondary N) is 1. The number of hydrogen-bond acceptors (Lipinski definition) is 4. The molecule has 1 fully saturated rings. The molecule has 0 saturated carbocycles. The van der Waals surface area contributed by atoms with Gasteiger partial charge in [0.1, 0.15) is 0 Å². The van der Waals surface area contributed by atoms with Crippen LogP contribution in [-0.2, 0) is 9.53 Å². The molecular formula is C18H27N3O3. The molecule has 0 bridgehead atoms. The second kappa shape index (κ2) is 9.15. The Hall–Kier alpha value is -2.24. The van der Waals surface area contributed by atoms with Crippen LogP contribution in [0.15, 0.2) is 30.3 Å². The zero-order valence-electron chi connectivity index (χ0n) is 14.5. The van der Waals surface area contributed by atoms with Gasteiger partial charge in [-0.15, -0.1) is 0 Å². The molecule has 1 saturated heterocycles. The van der Waals surface area contributed by atoms with Crippen LogP contribution in [0.5, 0.6) is 0 Å². The summed E-state index contributed by atoms with van der Waals surface area (Å²) in [4.78, 5) is 27.7. The second-order valence-electron chi connectivity index (χ2n) is 5.88. The lowest BCUT2D eigenvalue weighted by atomic mass is 10.1. The molecule has 0 spiro atoms. The van der Waals surface area contributed by atoms with Gasteiger partial charge < -0.3 is 19.9 Å². The first-order valence-corrected chi connectivity index (χ1v) is 8.65. The summed E-state index contributed by atoms with van der Waals surface area (Å²) in [5, 5.41) is 3.09. The number of rotatable bonds is 6. The van der Waals surface area contributed by atoms with E-state index in [1.165, 1.54) is 0 Å². The van der Waals surface area contributed by atoms with E-state index < -0.39 is 0 Å². The normalized spacial score (nSPS) is 15.0. The Kier molecular flexibility index (Phi) is 6.90. The molecule has 0 aromatic heterocycles. The number of para-hydroxylation sites is 1. The number of ether oxygens (including phenoxy) is 1.